The van der Waals surface area contributed by atoms with Crippen LogP contribution in [0.5, 0.6) is 0 Å². The molecule has 18 heavy (non-hydrogen) atoms. The first-order valence-corrected chi connectivity index (χ1v) is 7.27. The van der Waals surface area contributed by atoms with Crippen molar-refractivity contribution in [1.82, 2.24) is 10.2 Å². The summed E-state index contributed by atoms with van der Waals surface area (Å²) < 4.78 is 0. The molecule has 0 saturated heterocycles. The summed E-state index contributed by atoms with van der Waals surface area (Å²) in [7, 11) is 0. The quantitative estimate of drug-likeness (QED) is 0.752. The Labute approximate surface area is 113 Å². The van der Waals surface area contributed by atoms with Crippen molar-refractivity contribution in [1.29, 1.82) is 0 Å². The van der Waals surface area contributed by atoms with Crippen LogP contribution in [0.1, 0.15) is 30.3 Å². The normalized spacial score (nSPS) is 12.9. The number of likely N-dealkylation sites (N-methyl/N-ethyl adjacent to an activating group) is 1. The Morgan fingerprint density at radius 2 is 2.17 bits per heavy atom. The van der Waals surface area contributed by atoms with Crippen LogP contribution in [0, 0.1) is 6.92 Å². The van der Waals surface area contributed by atoms with Gasteiger partial charge in [0.15, 0.2) is 0 Å². The van der Waals surface area contributed by atoms with Crippen LogP contribution in [0.3, 0.4) is 0 Å². The average Bonchev–Trinajstić information content (AvgIpc) is 2.75. The van der Waals surface area contributed by atoms with Gasteiger partial charge in [-0.25, -0.2) is 0 Å². The minimum Gasteiger partial charge on any atom is -0.368 e. The topological polar surface area (TPSA) is 58.4 Å². The predicted octanol–water partition coefficient (Wildman–Crippen LogP) is 1.51. The molecule has 0 radical (unpaired) electrons. The third kappa shape index (κ3) is 4.08. The van der Waals surface area contributed by atoms with E-state index in [1.165, 1.54) is 0 Å². The summed E-state index contributed by atoms with van der Waals surface area (Å²) in [5, 5.41) is 5.25. The monoisotopic (exact) mass is 269 g/mol. The Bertz CT molecular complexity index is 374. The maximum atomic E-state index is 11.5. The molecule has 102 valence electrons. The number of nitrogens with one attached hydrogen (secondary N) is 1. The van der Waals surface area contributed by atoms with E-state index < -0.39 is 0 Å². The molecule has 0 aliphatic rings. The summed E-state index contributed by atoms with van der Waals surface area (Å²) >= 11 is 1.58. The molecule has 4 nitrogen and oxygen atoms in total. The van der Waals surface area contributed by atoms with Gasteiger partial charge < -0.3 is 16.0 Å². The van der Waals surface area contributed by atoms with E-state index in [9.17, 15) is 4.79 Å². The first-order valence-electron chi connectivity index (χ1n) is 6.39. The second-order valence-corrected chi connectivity index (χ2v) is 5.23. The molecule has 0 saturated carbocycles. The average molecular weight is 269 g/mol. The maximum Gasteiger partial charge on any atom is 0.240 e. The number of primary amides is 1. The van der Waals surface area contributed by atoms with E-state index in [1.54, 1.807) is 11.3 Å². The number of aryl methyl sites for hydroxylation is 1. The van der Waals surface area contributed by atoms with Gasteiger partial charge in [-0.2, -0.15) is 0 Å². The van der Waals surface area contributed by atoms with E-state index in [0.717, 1.165) is 36.6 Å². The highest BCUT2D eigenvalue weighted by atomic mass is 32.1. The van der Waals surface area contributed by atoms with Crippen molar-refractivity contribution in [2.75, 3.05) is 26.2 Å². The molecule has 5 heteroatoms. The van der Waals surface area contributed by atoms with Crippen LogP contribution >= 0.6 is 11.3 Å². The molecule has 0 spiro atoms. The van der Waals surface area contributed by atoms with E-state index in [2.05, 4.69) is 24.1 Å². The number of amides is 1. The molecular formula is C13H23N3OS. The highest BCUT2D eigenvalue weighted by molar-refractivity contribution is 7.10. The zero-order chi connectivity index (χ0) is 13.5. The molecule has 1 atom stereocenters. The van der Waals surface area contributed by atoms with E-state index in [4.69, 9.17) is 5.73 Å². The van der Waals surface area contributed by atoms with Crippen LogP contribution in [0.15, 0.2) is 11.4 Å². The predicted molar refractivity (Wildman–Crippen MR) is 76.8 cm³/mol. The lowest BCUT2D eigenvalue weighted by atomic mass is 10.1. The fourth-order valence-electron chi connectivity index (χ4n) is 1.91. The zero-order valence-corrected chi connectivity index (χ0v) is 12.2. The Kier molecular flexibility index (Phi) is 6.32. The van der Waals surface area contributed by atoms with Crippen molar-refractivity contribution >= 4 is 17.2 Å². The summed E-state index contributed by atoms with van der Waals surface area (Å²) in [6.45, 7) is 10.0. The summed E-state index contributed by atoms with van der Waals surface area (Å²) in [5.41, 5.74) is 6.59. The van der Waals surface area contributed by atoms with Gasteiger partial charge >= 0.3 is 0 Å². The van der Waals surface area contributed by atoms with Crippen molar-refractivity contribution in [2.45, 2.75) is 26.8 Å². The molecule has 1 heterocycles. The Balaban J connectivity index is 2.55. The lowest BCUT2D eigenvalue weighted by molar-refractivity contribution is -0.120. The van der Waals surface area contributed by atoms with Crippen molar-refractivity contribution in [3.8, 4) is 0 Å². The molecule has 0 bridgehead atoms. The van der Waals surface area contributed by atoms with Crippen molar-refractivity contribution in [3.05, 3.63) is 21.9 Å². The number of thiophene rings is 1. The van der Waals surface area contributed by atoms with Crippen molar-refractivity contribution in [2.24, 2.45) is 5.73 Å². The fraction of sp³-hybridized carbons (Fsp3) is 0.615. The van der Waals surface area contributed by atoms with Crippen molar-refractivity contribution in [3.63, 3.8) is 0 Å². The second kappa shape index (κ2) is 7.51. The number of nitrogens with zero attached hydrogens (tertiary/aromatic N) is 1. The third-order valence-electron chi connectivity index (χ3n) is 3.12. The van der Waals surface area contributed by atoms with Crippen LogP contribution in [-0.4, -0.2) is 37.0 Å². The molecule has 1 rings (SSSR count). The van der Waals surface area contributed by atoms with Crippen LogP contribution in [0.25, 0.3) is 0 Å². The maximum absolute atomic E-state index is 11.5. The molecular weight excluding hydrogens is 246 g/mol. The van der Waals surface area contributed by atoms with Crippen LogP contribution < -0.4 is 11.1 Å². The summed E-state index contributed by atoms with van der Waals surface area (Å²) in [5.74, 6) is -0.305. The molecule has 0 aliphatic carbocycles. The molecule has 1 amide bonds. The number of hydrogen-bond acceptors (Lipinski definition) is 4. The minimum absolute atomic E-state index is 0.305. The Hall–Kier alpha value is -0.910. The number of carbonyl (C=O) groups is 1. The summed E-state index contributed by atoms with van der Waals surface area (Å²) in [4.78, 5) is 14.9. The highest BCUT2D eigenvalue weighted by Gasteiger charge is 2.20. The second-order valence-electron chi connectivity index (χ2n) is 4.28. The largest absolute Gasteiger partial charge is 0.368 e. The smallest absolute Gasteiger partial charge is 0.240 e. The standard InChI is InChI=1S/C13H23N3OS/c1-4-16(5-2)8-7-15-11(13(14)17)12-10(3)6-9-18-12/h6,9,11,15H,4-5,7-8H2,1-3H3,(H2,14,17). The SMILES string of the molecule is CCN(CC)CCNC(C(N)=O)c1sccc1C. The highest BCUT2D eigenvalue weighted by Crippen LogP contribution is 2.23. The molecule has 0 aromatic carbocycles. The van der Waals surface area contributed by atoms with Gasteiger partial charge in [0.25, 0.3) is 0 Å². The molecule has 1 aromatic heterocycles. The van der Waals surface area contributed by atoms with Gasteiger partial charge in [0.05, 0.1) is 0 Å². The molecule has 1 unspecified atom stereocenters. The Morgan fingerprint density at radius 3 is 2.61 bits per heavy atom. The van der Waals surface area contributed by atoms with Crippen LogP contribution in [-0.2, 0) is 4.79 Å². The first-order chi connectivity index (χ1) is 8.60. The van der Waals surface area contributed by atoms with Crippen LogP contribution in [0.2, 0.25) is 0 Å². The first kappa shape index (κ1) is 15.1. The van der Waals surface area contributed by atoms with E-state index >= 15 is 0 Å². The van der Waals surface area contributed by atoms with E-state index in [0.29, 0.717) is 0 Å². The van der Waals surface area contributed by atoms with E-state index in [1.807, 2.05) is 18.4 Å². The lowest BCUT2D eigenvalue weighted by Gasteiger charge is -2.20. The van der Waals surface area contributed by atoms with Gasteiger partial charge in [0, 0.05) is 18.0 Å². The molecule has 3 N–H and O–H groups in total. The molecule has 0 aliphatic heterocycles. The van der Waals surface area contributed by atoms with Gasteiger partial charge in [-0.3, -0.25) is 4.79 Å². The van der Waals surface area contributed by atoms with Gasteiger partial charge in [-0.15, -0.1) is 11.3 Å². The van der Waals surface area contributed by atoms with E-state index in [-0.39, 0.29) is 11.9 Å². The lowest BCUT2D eigenvalue weighted by Crippen LogP contribution is -2.38. The molecule has 0 fully saturated rings. The number of nitrogens with two attached hydrogens (primary N) is 1. The number of rotatable bonds is 8. The summed E-state index contributed by atoms with van der Waals surface area (Å²) in [6.07, 6.45) is 0. The zero-order valence-electron chi connectivity index (χ0n) is 11.4. The van der Waals surface area contributed by atoms with Crippen LogP contribution in [0.4, 0.5) is 0 Å². The molecule has 1 aromatic rings. The van der Waals surface area contributed by atoms with Gasteiger partial charge in [0.2, 0.25) is 5.91 Å². The van der Waals surface area contributed by atoms with Gasteiger partial charge in [0.1, 0.15) is 6.04 Å². The summed E-state index contributed by atoms with van der Waals surface area (Å²) in [6, 6.07) is 1.66. The third-order valence-corrected chi connectivity index (χ3v) is 4.20. The fourth-order valence-corrected chi connectivity index (χ4v) is 2.92. The minimum atomic E-state index is -0.361. The van der Waals surface area contributed by atoms with Crippen molar-refractivity contribution < 1.29 is 4.79 Å². The Morgan fingerprint density at radius 1 is 1.50 bits per heavy atom. The number of carbonyl (C=O) groups excluding carboxylic acids is 1. The van der Waals surface area contributed by atoms with Gasteiger partial charge in [-0.05, 0) is 37.0 Å². The van der Waals surface area contributed by atoms with Gasteiger partial charge in [-0.1, -0.05) is 13.8 Å². The number of hydrogen-bond donors (Lipinski definition) is 2.